The van der Waals surface area contributed by atoms with Crippen molar-refractivity contribution in [1.29, 1.82) is 0 Å². The third-order valence-corrected chi connectivity index (χ3v) is 2.72. The van der Waals surface area contributed by atoms with Gasteiger partial charge in [0.25, 0.3) is 0 Å². The Balaban J connectivity index is 2.63. The molecule has 17 heavy (non-hydrogen) atoms. The first kappa shape index (κ1) is 11.4. The van der Waals surface area contributed by atoms with E-state index >= 15 is 0 Å². The summed E-state index contributed by atoms with van der Waals surface area (Å²) >= 11 is 0. The predicted molar refractivity (Wildman–Crippen MR) is 64.5 cm³/mol. The molecule has 5 nitrogen and oxygen atoms in total. The Morgan fingerprint density at radius 1 is 1.47 bits per heavy atom. The Morgan fingerprint density at radius 2 is 2.18 bits per heavy atom. The van der Waals surface area contributed by atoms with Crippen molar-refractivity contribution in [3.63, 3.8) is 0 Å². The maximum atomic E-state index is 11.8. The molecule has 0 unspecified atom stereocenters. The number of carbonyl (C=O) groups excluding carboxylic acids is 1. The van der Waals surface area contributed by atoms with Crippen molar-refractivity contribution >= 4 is 23.3 Å². The van der Waals surface area contributed by atoms with Gasteiger partial charge < -0.3 is 15.3 Å². The predicted octanol–water partition coefficient (Wildman–Crippen LogP) is 1.55. The molecule has 0 aliphatic carbocycles. The lowest BCUT2D eigenvalue weighted by Crippen LogP contribution is -2.45. The molecule has 0 spiro atoms. The molecule has 0 fully saturated rings. The highest BCUT2D eigenvalue weighted by atomic mass is 16.4. The zero-order valence-corrected chi connectivity index (χ0v) is 9.73. The van der Waals surface area contributed by atoms with Gasteiger partial charge in [-0.25, -0.2) is 4.79 Å². The largest absolute Gasteiger partial charge is 0.478 e. The number of carboxylic acid groups (broad SMARTS) is 1. The number of fused-ring (bicyclic) bond motifs is 1. The van der Waals surface area contributed by atoms with Gasteiger partial charge >= 0.3 is 5.97 Å². The van der Waals surface area contributed by atoms with Crippen molar-refractivity contribution in [2.45, 2.75) is 19.9 Å². The van der Waals surface area contributed by atoms with Crippen LogP contribution in [0.3, 0.4) is 0 Å². The number of amides is 1. The van der Waals surface area contributed by atoms with Crippen LogP contribution in [0.1, 0.15) is 24.2 Å². The first-order valence-corrected chi connectivity index (χ1v) is 5.44. The molecule has 1 aliphatic heterocycles. The number of aromatic carboxylic acids is 1. The maximum Gasteiger partial charge on any atom is 0.337 e. The van der Waals surface area contributed by atoms with Crippen molar-refractivity contribution in [3.8, 4) is 0 Å². The number of nitrogens with zero attached hydrogens (tertiary/aromatic N) is 1. The molecule has 0 saturated carbocycles. The zero-order chi connectivity index (χ0) is 12.6. The van der Waals surface area contributed by atoms with Crippen molar-refractivity contribution in [1.82, 2.24) is 0 Å². The van der Waals surface area contributed by atoms with E-state index in [4.69, 9.17) is 5.11 Å². The van der Waals surface area contributed by atoms with Crippen LogP contribution in [0.25, 0.3) is 0 Å². The van der Waals surface area contributed by atoms with Crippen molar-refractivity contribution in [2.24, 2.45) is 0 Å². The van der Waals surface area contributed by atoms with Crippen LogP contribution in [0.4, 0.5) is 11.4 Å². The van der Waals surface area contributed by atoms with E-state index in [-0.39, 0.29) is 24.1 Å². The molecule has 5 heteroatoms. The van der Waals surface area contributed by atoms with Gasteiger partial charge in [0.1, 0.15) is 0 Å². The fourth-order valence-corrected chi connectivity index (χ4v) is 2.05. The lowest BCUT2D eigenvalue weighted by atomic mass is 10.1. The van der Waals surface area contributed by atoms with E-state index in [1.165, 1.54) is 11.0 Å². The minimum Gasteiger partial charge on any atom is -0.478 e. The van der Waals surface area contributed by atoms with Crippen molar-refractivity contribution in [3.05, 3.63) is 23.8 Å². The second kappa shape index (κ2) is 4.08. The van der Waals surface area contributed by atoms with Gasteiger partial charge in [0.05, 0.1) is 23.5 Å². The summed E-state index contributed by atoms with van der Waals surface area (Å²) in [6, 6.07) is 4.90. The number of hydrogen-bond donors (Lipinski definition) is 2. The van der Waals surface area contributed by atoms with Gasteiger partial charge in [-0.3, -0.25) is 4.79 Å². The fraction of sp³-hybridized carbons (Fsp3) is 0.333. The van der Waals surface area contributed by atoms with E-state index < -0.39 is 5.97 Å². The molecular formula is C12H14N2O3. The number of carboxylic acids is 1. The monoisotopic (exact) mass is 234 g/mol. The van der Waals surface area contributed by atoms with Gasteiger partial charge in [-0.05, 0) is 26.0 Å². The van der Waals surface area contributed by atoms with Crippen LogP contribution in [0.15, 0.2) is 18.2 Å². The quantitative estimate of drug-likeness (QED) is 0.814. The van der Waals surface area contributed by atoms with Gasteiger partial charge in [-0.2, -0.15) is 0 Å². The molecule has 0 radical (unpaired) electrons. The Labute approximate surface area is 99.0 Å². The van der Waals surface area contributed by atoms with Crippen LogP contribution in [0, 0.1) is 0 Å². The van der Waals surface area contributed by atoms with E-state index in [2.05, 4.69) is 5.32 Å². The van der Waals surface area contributed by atoms with E-state index in [0.29, 0.717) is 11.4 Å². The molecular weight excluding hydrogens is 220 g/mol. The molecule has 90 valence electrons. The average Bonchev–Trinajstić information content (AvgIpc) is 2.27. The van der Waals surface area contributed by atoms with Crippen LogP contribution >= 0.6 is 0 Å². The first-order chi connectivity index (χ1) is 8.02. The lowest BCUT2D eigenvalue weighted by Gasteiger charge is -2.34. The van der Waals surface area contributed by atoms with Crippen LogP contribution < -0.4 is 10.2 Å². The Kier molecular flexibility index (Phi) is 2.75. The van der Waals surface area contributed by atoms with Crippen molar-refractivity contribution in [2.75, 3.05) is 16.8 Å². The topological polar surface area (TPSA) is 69.6 Å². The van der Waals surface area contributed by atoms with E-state index in [1.54, 1.807) is 12.1 Å². The lowest BCUT2D eigenvalue weighted by molar-refractivity contribution is -0.117. The van der Waals surface area contributed by atoms with Gasteiger partial charge in [-0.15, -0.1) is 0 Å². The molecule has 0 saturated heterocycles. The van der Waals surface area contributed by atoms with Gasteiger partial charge in [0.15, 0.2) is 0 Å². The average molecular weight is 234 g/mol. The summed E-state index contributed by atoms with van der Waals surface area (Å²) in [5.41, 5.74) is 1.31. The Bertz CT molecular complexity index is 483. The molecule has 0 atom stereocenters. The highest BCUT2D eigenvalue weighted by Crippen LogP contribution is 2.34. The van der Waals surface area contributed by atoms with Gasteiger partial charge in [0, 0.05) is 6.04 Å². The number of nitrogens with one attached hydrogen (secondary N) is 1. The normalized spacial score (nSPS) is 14.5. The summed E-state index contributed by atoms with van der Waals surface area (Å²) in [4.78, 5) is 24.6. The summed E-state index contributed by atoms with van der Waals surface area (Å²) in [6.07, 6.45) is 0. The molecule has 2 rings (SSSR count). The zero-order valence-electron chi connectivity index (χ0n) is 9.73. The molecule has 1 aromatic carbocycles. The second-order valence-electron chi connectivity index (χ2n) is 4.22. The molecule has 0 aromatic heterocycles. The highest BCUT2D eigenvalue weighted by Gasteiger charge is 2.30. The molecule has 1 aliphatic rings. The summed E-state index contributed by atoms with van der Waals surface area (Å²) in [6.45, 7) is 3.94. The minimum absolute atomic E-state index is 0.0659. The third-order valence-electron chi connectivity index (χ3n) is 2.72. The second-order valence-corrected chi connectivity index (χ2v) is 4.22. The molecule has 2 N–H and O–H groups in total. The fourth-order valence-electron chi connectivity index (χ4n) is 2.05. The van der Waals surface area contributed by atoms with Crippen molar-refractivity contribution < 1.29 is 14.7 Å². The Hall–Kier alpha value is -2.04. The number of rotatable bonds is 2. The molecule has 0 bridgehead atoms. The summed E-state index contributed by atoms with van der Waals surface area (Å²) in [5.74, 6) is -1.13. The molecule has 1 aromatic rings. The summed E-state index contributed by atoms with van der Waals surface area (Å²) in [7, 11) is 0. The van der Waals surface area contributed by atoms with Gasteiger partial charge in [-0.1, -0.05) is 6.07 Å². The minimum atomic E-state index is -1.02. The van der Waals surface area contributed by atoms with Gasteiger partial charge in [0.2, 0.25) is 5.91 Å². The number of carbonyl (C=O) groups is 2. The SMILES string of the molecule is CC(C)N1C(=O)CNc2cccc(C(=O)O)c21. The third kappa shape index (κ3) is 1.84. The summed E-state index contributed by atoms with van der Waals surface area (Å²) < 4.78 is 0. The number of hydrogen-bond acceptors (Lipinski definition) is 3. The van der Waals surface area contributed by atoms with E-state index in [1.807, 2.05) is 13.8 Å². The van der Waals surface area contributed by atoms with Crippen LogP contribution in [-0.2, 0) is 4.79 Å². The number of anilines is 2. The number of benzene rings is 1. The van der Waals surface area contributed by atoms with E-state index in [0.717, 1.165) is 0 Å². The Morgan fingerprint density at radius 3 is 2.76 bits per heavy atom. The van der Waals surface area contributed by atoms with E-state index in [9.17, 15) is 9.59 Å². The highest BCUT2D eigenvalue weighted by molar-refractivity contribution is 6.09. The summed E-state index contributed by atoms with van der Waals surface area (Å²) in [5, 5.41) is 12.1. The molecule has 1 amide bonds. The van der Waals surface area contributed by atoms with Crippen LogP contribution in [-0.4, -0.2) is 29.6 Å². The number of para-hydroxylation sites is 1. The van der Waals surface area contributed by atoms with Crippen LogP contribution in [0.2, 0.25) is 0 Å². The smallest absolute Gasteiger partial charge is 0.337 e. The molecule has 1 heterocycles. The standard InChI is InChI=1S/C12H14N2O3/c1-7(2)14-10(15)6-13-9-5-3-4-8(11(9)14)12(16)17/h3-5,7,13H,6H2,1-2H3,(H,16,17). The maximum absolute atomic E-state index is 11.8. The van der Waals surface area contributed by atoms with Crippen LogP contribution in [0.5, 0.6) is 0 Å². The first-order valence-electron chi connectivity index (χ1n) is 5.44.